The second-order valence-electron chi connectivity index (χ2n) is 3.49. The summed E-state index contributed by atoms with van der Waals surface area (Å²) in [5.74, 6) is -0.726. The van der Waals surface area contributed by atoms with E-state index in [2.05, 4.69) is 4.98 Å². The normalized spacial score (nSPS) is 10.3. The molecule has 0 aliphatic rings. The van der Waals surface area contributed by atoms with Crippen molar-refractivity contribution in [2.75, 3.05) is 0 Å². The van der Waals surface area contributed by atoms with Crippen molar-refractivity contribution in [3.63, 3.8) is 0 Å². The van der Waals surface area contributed by atoms with E-state index in [0.29, 0.717) is 18.0 Å². The summed E-state index contributed by atoms with van der Waals surface area (Å²) in [5, 5.41) is 8.81. The van der Waals surface area contributed by atoms with Crippen molar-refractivity contribution in [3.8, 4) is 0 Å². The van der Waals surface area contributed by atoms with Gasteiger partial charge in [0.25, 0.3) is 0 Å². The minimum Gasteiger partial charge on any atom is -0.475 e. The Morgan fingerprint density at radius 3 is 2.62 bits per heavy atom. The van der Waals surface area contributed by atoms with Crippen LogP contribution < -0.4 is 0 Å². The topological polar surface area (TPSA) is 63.3 Å². The molecule has 4 nitrogen and oxygen atoms in total. The smallest absolute Gasteiger partial charge is 0.373 e. The van der Waals surface area contributed by atoms with E-state index in [4.69, 9.17) is 9.52 Å². The van der Waals surface area contributed by atoms with E-state index in [-0.39, 0.29) is 5.76 Å². The standard InChI is InChI=1S/C12H11NO3/c1-8-11(12(14)15)16-10(13-8)7-9-5-3-2-4-6-9/h2-6H,7H2,1H3,(H,14,15). The number of aromatic carboxylic acids is 1. The molecule has 0 saturated carbocycles. The third kappa shape index (κ3) is 2.11. The Balaban J connectivity index is 2.23. The van der Waals surface area contributed by atoms with Crippen LogP contribution in [0.15, 0.2) is 34.7 Å². The van der Waals surface area contributed by atoms with Crippen molar-refractivity contribution in [1.29, 1.82) is 0 Å². The third-order valence-corrected chi connectivity index (χ3v) is 2.23. The average Bonchev–Trinajstić information content (AvgIpc) is 2.61. The number of carbonyl (C=O) groups is 1. The number of oxazole rings is 1. The highest BCUT2D eigenvalue weighted by Crippen LogP contribution is 2.13. The van der Waals surface area contributed by atoms with Crippen LogP contribution >= 0.6 is 0 Å². The van der Waals surface area contributed by atoms with Crippen LogP contribution in [-0.4, -0.2) is 16.1 Å². The molecule has 0 bridgehead atoms. The first-order valence-electron chi connectivity index (χ1n) is 4.90. The van der Waals surface area contributed by atoms with Crippen LogP contribution in [0.3, 0.4) is 0 Å². The summed E-state index contributed by atoms with van der Waals surface area (Å²) in [4.78, 5) is 14.8. The highest BCUT2D eigenvalue weighted by molar-refractivity contribution is 5.85. The lowest BCUT2D eigenvalue weighted by Gasteiger charge is -1.95. The molecule has 2 rings (SSSR count). The molecule has 0 spiro atoms. The van der Waals surface area contributed by atoms with Crippen LogP contribution in [0.4, 0.5) is 0 Å². The molecule has 1 N–H and O–H groups in total. The van der Waals surface area contributed by atoms with Crippen LogP contribution in [0.5, 0.6) is 0 Å². The number of nitrogens with zero attached hydrogens (tertiary/aromatic N) is 1. The van der Waals surface area contributed by atoms with Crippen molar-refractivity contribution < 1.29 is 14.3 Å². The van der Waals surface area contributed by atoms with Gasteiger partial charge in [0.2, 0.25) is 5.76 Å². The van der Waals surface area contributed by atoms with Gasteiger partial charge in [0, 0.05) is 6.42 Å². The summed E-state index contributed by atoms with van der Waals surface area (Å²) in [6, 6.07) is 9.65. The Hall–Kier alpha value is -2.10. The van der Waals surface area contributed by atoms with E-state index in [1.54, 1.807) is 6.92 Å². The van der Waals surface area contributed by atoms with Crippen LogP contribution in [0, 0.1) is 6.92 Å². The molecule has 0 amide bonds. The van der Waals surface area contributed by atoms with E-state index in [0.717, 1.165) is 5.56 Å². The van der Waals surface area contributed by atoms with Crippen LogP contribution in [0.25, 0.3) is 0 Å². The van der Waals surface area contributed by atoms with E-state index in [1.807, 2.05) is 30.3 Å². The van der Waals surface area contributed by atoms with Crippen molar-refractivity contribution >= 4 is 5.97 Å². The molecule has 1 heterocycles. The maximum absolute atomic E-state index is 10.8. The molecule has 82 valence electrons. The molecule has 2 aromatic rings. The predicted octanol–water partition coefficient (Wildman–Crippen LogP) is 2.27. The van der Waals surface area contributed by atoms with Crippen LogP contribution in [0.2, 0.25) is 0 Å². The minimum atomic E-state index is -1.08. The van der Waals surface area contributed by atoms with Gasteiger partial charge in [-0.15, -0.1) is 0 Å². The van der Waals surface area contributed by atoms with Crippen molar-refractivity contribution in [2.24, 2.45) is 0 Å². The average molecular weight is 217 g/mol. The highest BCUT2D eigenvalue weighted by atomic mass is 16.4. The number of rotatable bonds is 3. The molecule has 0 unspecified atom stereocenters. The highest BCUT2D eigenvalue weighted by Gasteiger charge is 2.15. The number of carboxylic acid groups (broad SMARTS) is 1. The van der Waals surface area contributed by atoms with Gasteiger partial charge in [0.05, 0.1) is 5.69 Å². The fraction of sp³-hybridized carbons (Fsp3) is 0.167. The van der Waals surface area contributed by atoms with Crippen LogP contribution in [0.1, 0.15) is 27.7 Å². The van der Waals surface area contributed by atoms with Gasteiger partial charge in [0.1, 0.15) is 0 Å². The molecule has 0 fully saturated rings. The third-order valence-electron chi connectivity index (χ3n) is 2.23. The number of aromatic nitrogens is 1. The van der Waals surface area contributed by atoms with Crippen LogP contribution in [-0.2, 0) is 6.42 Å². The number of carboxylic acids is 1. The summed E-state index contributed by atoms with van der Waals surface area (Å²) in [6.45, 7) is 1.63. The molecule has 0 saturated heterocycles. The van der Waals surface area contributed by atoms with Gasteiger partial charge in [-0.3, -0.25) is 0 Å². The van der Waals surface area contributed by atoms with E-state index in [1.165, 1.54) is 0 Å². The van der Waals surface area contributed by atoms with Gasteiger partial charge in [-0.2, -0.15) is 0 Å². The first-order chi connectivity index (χ1) is 7.66. The van der Waals surface area contributed by atoms with Gasteiger partial charge in [-0.05, 0) is 12.5 Å². The Morgan fingerprint density at radius 1 is 1.38 bits per heavy atom. The molecule has 1 aromatic heterocycles. The summed E-state index contributed by atoms with van der Waals surface area (Å²) in [5.41, 5.74) is 1.46. The maximum atomic E-state index is 10.8. The summed E-state index contributed by atoms with van der Waals surface area (Å²) in [6.07, 6.45) is 0.509. The lowest BCUT2D eigenvalue weighted by Crippen LogP contribution is -1.95. The van der Waals surface area contributed by atoms with Gasteiger partial charge in [0.15, 0.2) is 5.89 Å². The monoisotopic (exact) mass is 217 g/mol. The van der Waals surface area contributed by atoms with Crippen molar-refractivity contribution in [1.82, 2.24) is 4.98 Å². The van der Waals surface area contributed by atoms with E-state index in [9.17, 15) is 4.79 Å². The first kappa shape index (κ1) is 10.4. The summed E-state index contributed by atoms with van der Waals surface area (Å²) in [7, 11) is 0. The molecule has 0 atom stereocenters. The van der Waals surface area contributed by atoms with Crippen molar-refractivity contribution in [3.05, 3.63) is 53.2 Å². The second-order valence-corrected chi connectivity index (χ2v) is 3.49. The van der Waals surface area contributed by atoms with Crippen molar-refractivity contribution in [2.45, 2.75) is 13.3 Å². The Labute approximate surface area is 92.6 Å². The quantitative estimate of drug-likeness (QED) is 0.856. The number of hydrogen-bond acceptors (Lipinski definition) is 3. The summed E-state index contributed by atoms with van der Waals surface area (Å²) >= 11 is 0. The summed E-state index contributed by atoms with van der Waals surface area (Å²) < 4.78 is 5.17. The lowest BCUT2D eigenvalue weighted by molar-refractivity contribution is 0.0659. The number of aryl methyl sites for hydroxylation is 1. The van der Waals surface area contributed by atoms with Gasteiger partial charge in [-0.1, -0.05) is 30.3 Å². The fourth-order valence-electron chi connectivity index (χ4n) is 1.50. The fourth-order valence-corrected chi connectivity index (χ4v) is 1.50. The zero-order valence-electron chi connectivity index (χ0n) is 8.80. The molecule has 0 radical (unpaired) electrons. The number of benzene rings is 1. The van der Waals surface area contributed by atoms with Gasteiger partial charge in [-0.25, -0.2) is 9.78 Å². The van der Waals surface area contributed by atoms with Gasteiger partial charge >= 0.3 is 5.97 Å². The molecular weight excluding hydrogens is 206 g/mol. The lowest BCUT2D eigenvalue weighted by atomic mass is 10.1. The number of hydrogen-bond donors (Lipinski definition) is 1. The first-order valence-corrected chi connectivity index (χ1v) is 4.90. The molecule has 16 heavy (non-hydrogen) atoms. The largest absolute Gasteiger partial charge is 0.475 e. The minimum absolute atomic E-state index is 0.0778. The molecule has 1 aromatic carbocycles. The predicted molar refractivity (Wildman–Crippen MR) is 57.4 cm³/mol. The molecule has 4 heteroatoms. The molecule has 0 aliphatic heterocycles. The maximum Gasteiger partial charge on any atom is 0.373 e. The van der Waals surface area contributed by atoms with E-state index < -0.39 is 5.97 Å². The Morgan fingerprint density at radius 2 is 2.06 bits per heavy atom. The molecule has 0 aliphatic carbocycles. The zero-order chi connectivity index (χ0) is 11.5. The molecular formula is C12H11NO3. The Kier molecular flexibility index (Phi) is 2.72. The Bertz CT molecular complexity index is 502. The second kappa shape index (κ2) is 4.18. The SMILES string of the molecule is Cc1nc(Cc2ccccc2)oc1C(=O)O. The van der Waals surface area contributed by atoms with E-state index >= 15 is 0 Å². The zero-order valence-corrected chi connectivity index (χ0v) is 8.80. The van der Waals surface area contributed by atoms with Gasteiger partial charge < -0.3 is 9.52 Å².